The molecule has 0 bridgehead atoms. The van der Waals surface area contributed by atoms with E-state index in [9.17, 15) is 39.2 Å². The maximum atomic E-state index is 14.3. The number of hydrogen-bond donors (Lipinski definition) is 5. The monoisotopic (exact) mass is 562 g/mol. The minimum Gasteiger partial charge on any atom is -0.508 e. The van der Waals surface area contributed by atoms with Gasteiger partial charge in [-0.05, 0) is 61.8 Å². The van der Waals surface area contributed by atoms with Crippen molar-refractivity contribution in [2.75, 3.05) is 14.1 Å². The van der Waals surface area contributed by atoms with Crippen LogP contribution in [0.25, 0.3) is 17.9 Å². The smallest absolute Gasteiger partial charge is 0.255 e. The maximum Gasteiger partial charge on any atom is 0.255 e. The minimum absolute atomic E-state index is 0.00563. The molecule has 2 aromatic carbocycles. The van der Waals surface area contributed by atoms with Crippen LogP contribution in [0.4, 0.5) is 4.39 Å². The minimum atomic E-state index is -2.77. The summed E-state index contributed by atoms with van der Waals surface area (Å²) in [4.78, 5) is 41.4. The fourth-order valence-electron chi connectivity index (χ4n) is 7.26. The zero-order valence-electron chi connectivity index (χ0n) is 23.0. The molecule has 1 fully saturated rings. The van der Waals surface area contributed by atoms with Gasteiger partial charge in [0.15, 0.2) is 11.4 Å². The average molecular weight is 563 g/mol. The summed E-state index contributed by atoms with van der Waals surface area (Å²) in [5, 5.41) is 45.5. The molecule has 1 amide bonds. The molecule has 0 spiro atoms. The van der Waals surface area contributed by atoms with Crippen LogP contribution >= 0.6 is 0 Å². The molecule has 6 N–H and O–H groups in total. The van der Waals surface area contributed by atoms with Crippen LogP contribution in [-0.2, 0) is 20.8 Å². The lowest BCUT2D eigenvalue weighted by molar-refractivity contribution is -0.176. The molecule has 0 heterocycles. The highest BCUT2D eigenvalue weighted by atomic mass is 19.1. The van der Waals surface area contributed by atoms with Gasteiger partial charge in [-0.25, -0.2) is 4.39 Å². The second-order valence-corrected chi connectivity index (χ2v) is 11.8. The summed E-state index contributed by atoms with van der Waals surface area (Å²) in [5.41, 5.74) is 0.570. The number of likely N-dealkylation sites (N-methyl/N-ethyl adjacent to an activating group) is 1. The number of Topliss-reactive ketones (excluding diaryl/α,β-unsaturated/α-hetero) is 2. The number of rotatable bonds is 4. The lowest BCUT2D eigenvalue weighted by Crippen LogP contribution is -2.72. The van der Waals surface area contributed by atoms with E-state index in [2.05, 4.69) is 0 Å². The molecule has 9 nitrogen and oxygen atoms in total. The first-order valence-corrected chi connectivity index (χ1v) is 13.0. The number of aromatic hydroxyl groups is 1. The highest BCUT2D eigenvalue weighted by molar-refractivity contribution is 6.25. The topological polar surface area (TPSA) is 161 Å². The van der Waals surface area contributed by atoms with E-state index in [-0.39, 0.29) is 35.5 Å². The molecule has 10 heteroatoms. The molecule has 3 aliphatic rings. The second-order valence-electron chi connectivity index (χ2n) is 11.8. The Bertz CT molecular complexity index is 1620. The van der Waals surface area contributed by atoms with Gasteiger partial charge in [0, 0.05) is 16.4 Å². The van der Waals surface area contributed by atoms with Gasteiger partial charge < -0.3 is 26.2 Å². The van der Waals surface area contributed by atoms with Gasteiger partial charge in [0.25, 0.3) is 5.91 Å². The Balaban J connectivity index is 1.74. The highest BCUT2D eigenvalue weighted by Crippen LogP contribution is 2.63. The number of benzene rings is 2. The van der Waals surface area contributed by atoms with Crippen LogP contribution in [-0.4, -0.2) is 68.5 Å². The summed E-state index contributed by atoms with van der Waals surface area (Å²) >= 11 is 0. The number of nitrogens with two attached hydrogens (primary N) is 1. The van der Waals surface area contributed by atoms with Crippen molar-refractivity contribution in [2.45, 2.75) is 38.3 Å². The third-order valence-electron chi connectivity index (χ3n) is 8.88. The molecule has 4 atom stereocenters. The normalized spacial score (nSPS) is 29.6. The zero-order valence-corrected chi connectivity index (χ0v) is 23.0. The number of aliphatic hydroxyl groups excluding tert-OH is 2. The van der Waals surface area contributed by atoms with Crippen LogP contribution in [0.15, 0.2) is 53.3 Å². The van der Waals surface area contributed by atoms with E-state index < -0.39 is 57.0 Å². The van der Waals surface area contributed by atoms with Gasteiger partial charge in [0.1, 0.15) is 28.7 Å². The van der Waals surface area contributed by atoms with Gasteiger partial charge in [-0.1, -0.05) is 44.2 Å². The first kappa shape index (κ1) is 28.3. The SMILES string of the molecule is CN(C)[C@@H]1C(=O)C(C(N)=O)=C(O)[C@@]2(O)C(=O)C3=C(O)c4c(O)ccc(/C=C/c5ccc(F)cc5)c4C[C@@]3(C)C[C@@]12C. The van der Waals surface area contributed by atoms with Crippen LogP contribution in [0.3, 0.4) is 0 Å². The highest BCUT2D eigenvalue weighted by Gasteiger charge is 2.72. The van der Waals surface area contributed by atoms with Crippen LogP contribution in [0, 0.1) is 16.6 Å². The fraction of sp³-hybridized carbons (Fsp3) is 0.323. The number of primary amides is 1. The predicted octanol–water partition coefficient (Wildman–Crippen LogP) is 3.05. The van der Waals surface area contributed by atoms with Crippen LogP contribution < -0.4 is 5.73 Å². The van der Waals surface area contributed by atoms with E-state index >= 15 is 0 Å². The standard InChI is InChI=1S/C31H31FN2O7/c1-29-13-18-16(8-5-15-6-10-17(32)11-7-15)9-12-19(35)20(18)23(36)22(29)27(39)31(41)26(38)21(28(33)40)24(37)25(34(3)4)30(31,2)14-29/h5-12,25,35-36,38,41H,13-14H2,1-4H3,(H2,33,40)/b8-5+/t25-,29+,30+,31-/m1/s1. The molecule has 214 valence electrons. The third-order valence-corrected chi connectivity index (χ3v) is 8.88. The molecule has 0 radical (unpaired) electrons. The molecule has 41 heavy (non-hydrogen) atoms. The Morgan fingerprint density at radius 2 is 1.68 bits per heavy atom. The molecule has 1 saturated carbocycles. The fourth-order valence-corrected chi connectivity index (χ4v) is 7.26. The van der Waals surface area contributed by atoms with Crippen molar-refractivity contribution < 1.29 is 39.2 Å². The molecule has 2 aromatic rings. The van der Waals surface area contributed by atoms with Gasteiger partial charge in [-0.3, -0.25) is 19.3 Å². The van der Waals surface area contributed by atoms with Crippen molar-refractivity contribution in [1.82, 2.24) is 4.90 Å². The quantitative estimate of drug-likeness (QED) is 0.281. The van der Waals surface area contributed by atoms with E-state index in [0.29, 0.717) is 16.7 Å². The molecule has 0 aliphatic heterocycles. The summed E-state index contributed by atoms with van der Waals surface area (Å²) in [7, 11) is 3.11. The number of carbonyl (C=O) groups excluding carboxylic acids is 3. The molecule has 3 aliphatic carbocycles. The van der Waals surface area contributed by atoms with Crippen molar-refractivity contribution in [1.29, 1.82) is 0 Å². The van der Waals surface area contributed by atoms with E-state index in [1.165, 1.54) is 30.0 Å². The number of amides is 1. The summed E-state index contributed by atoms with van der Waals surface area (Å²) in [6.45, 7) is 3.21. The zero-order chi connectivity index (χ0) is 30.2. The van der Waals surface area contributed by atoms with Gasteiger partial charge >= 0.3 is 0 Å². The number of nitrogens with zero attached hydrogens (tertiary/aromatic N) is 1. The number of halogens is 1. The van der Waals surface area contributed by atoms with Crippen molar-refractivity contribution in [3.05, 3.63) is 81.4 Å². The van der Waals surface area contributed by atoms with E-state index in [0.717, 1.165) is 0 Å². The maximum absolute atomic E-state index is 14.3. The molecular formula is C31H31FN2O7. The summed E-state index contributed by atoms with van der Waals surface area (Å²) < 4.78 is 13.4. The van der Waals surface area contributed by atoms with Crippen molar-refractivity contribution in [3.8, 4) is 5.75 Å². The van der Waals surface area contributed by atoms with Gasteiger partial charge in [0.2, 0.25) is 5.78 Å². The predicted molar refractivity (Wildman–Crippen MR) is 149 cm³/mol. The molecule has 0 aromatic heterocycles. The van der Waals surface area contributed by atoms with Crippen LogP contribution in [0.5, 0.6) is 5.75 Å². The Morgan fingerprint density at radius 3 is 2.27 bits per heavy atom. The largest absolute Gasteiger partial charge is 0.508 e. The summed E-state index contributed by atoms with van der Waals surface area (Å²) in [6.07, 6.45) is 3.55. The number of carbonyl (C=O) groups is 3. The Labute approximate surface area is 235 Å². The van der Waals surface area contributed by atoms with E-state index in [4.69, 9.17) is 5.73 Å². The molecular weight excluding hydrogens is 531 g/mol. The third kappa shape index (κ3) is 3.78. The molecule has 0 saturated heterocycles. The van der Waals surface area contributed by atoms with Crippen LogP contribution in [0.1, 0.15) is 42.5 Å². The van der Waals surface area contributed by atoms with Crippen LogP contribution in [0.2, 0.25) is 0 Å². The first-order chi connectivity index (χ1) is 19.1. The van der Waals surface area contributed by atoms with Gasteiger partial charge in [-0.2, -0.15) is 0 Å². The van der Waals surface area contributed by atoms with E-state index in [1.54, 1.807) is 51.4 Å². The Kier molecular flexibility index (Phi) is 6.28. The Morgan fingerprint density at radius 1 is 1.05 bits per heavy atom. The number of phenols is 1. The number of hydrogen-bond acceptors (Lipinski definition) is 8. The van der Waals surface area contributed by atoms with Gasteiger partial charge in [-0.15, -0.1) is 0 Å². The summed E-state index contributed by atoms with van der Waals surface area (Å²) in [5.74, 6) is -5.60. The lowest BCUT2D eigenvalue weighted by Gasteiger charge is -2.59. The molecule has 5 rings (SSSR count). The Hall–Kier alpha value is -4.28. The lowest BCUT2D eigenvalue weighted by atomic mass is 9.46. The summed E-state index contributed by atoms with van der Waals surface area (Å²) in [6, 6.07) is 7.63. The van der Waals surface area contributed by atoms with Crippen molar-refractivity contribution in [3.63, 3.8) is 0 Å². The second kappa shape index (κ2) is 9.12. The average Bonchev–Trinajstić information content (AvgIpc) is 2.86. The molecule has 0 unspecified atom stereocenters. The number of phenolic OH excluding ortho intramolecular Hbond substituents is 1. The van der Waals surface area contributed by atoms with E-state index in [1.807, 2.05) is 0 Å². The first-order valence-electron chi connectivity index (χ1n) is 13.0. The van der Waals surface area contributed by atoms with Gasteiger partial charge in [0.05, 0.1) is 11.6 Å². The number of fused-ring (bicyclic) bond motifs is 3. The van der Waals surface area contributed by atoms with Crippen molar-refractivity contribution in [2.24, 2.45) is 16.6 Å². The number of ketones is 2. The number of aliphatic hydroxyl groups is 3. The van der Waals surface area contributed by atoms with Crippen molar-refractivity contribution >= 4 is 35.4 Å².